The molecule has 0 spiro atoms. The first-order chi connectivity index (χ1) is 10.0. The van der Waals surface area contributed by atoms with Crippen LogP contribution < -0.4 is 5.73 Å². The van der Waals surface area contributed by atoms with Crippen LogP contribution in [0.3, 0.4) is 0 Å². The molecule has 3 heteroatoms. The smallest absolute Gasteiger partial charge is 0.125 e. The Hall–Kier alpha value is -1.34. The predicted octanol–water partition coefficient (Wildman–Crippen LogP) is 2.12. The molecule has 4 N–H and O–H groups in total. The molecule has 0 saturated heterocycles. The summed E-state index contributed by atoms with van der Waals surface area (Å²) < 4.78 is 7.84. The molecule has 1 saturated carbocycles. The van der Waals surface area contributed by atoms with Gasteiger partial charge in [0.1, 0.15) is 5.60 Å². The fraction of sp³-hybridized carbons (Fsp3) is 0.529. The Morgan fingerprint density at radius 3 is 2.85 bits per heavy atom. The molecule has 1 aliphatic rings. The van der Waals surface area contributed by atoms with Crippen molar-refractivity contribution in [2.45, 2.75) is 50.2 Å². The van der Waals surface area contributed by atoms with Crippen LogP contribution in [0.15, 0.2) is 24.2 Å². The van der Waals surface area contributed by atoms with E-state index in [-0.39, 0.29) is 6.04 Å². The van der Waals surface area contributed by atoms with Gasteiger partial charge in [0.25, 0.3) is 0 Å². The van der Waals surface area contributed by atoms with Crippen molar-refractivity contribution in [2.75, 3.05) is 6.54 Å². The summed E-state index contributed by atoms with van der Waals surface area (Å²) in [6.07, 6.45) is 4.31. The molecular formula is C17H23NO2. The van der Waals surface area contributed by atoms with Crippen LogP contribution >= 0.6 is 0 Å². The Bertz CT molecular complexity index is 541. The van der Waals surface area contributed by atoms with Crippen LogP contribution in [0, 0.1) is 11.8 Å². The summed E-state index contributed by atoms with van der Waals surface area (Å²) in [6.45, 7) is 0.371. The fourth-order valence-corrected chi connectivity index (χ4v) is 2.52. The van der Waals surface area contributed by atoms with Gasteiger partial charge in [0.2, 0.25) is 0 Å². The molecule has 1 aromatic carbocycles. The number of aliphatic hydroxyl groups is 2. The van der Waals surface area contributed by atoms with Gasteiger partial charge in [0.05, 0.1) is 7.47 Å². The van der Waals surface area contributed by atoms with Gasteiger partial charge in [-0.3, -0.25) is 0 Å². The molecule has 0 heterocycles. The Balaban J connectivity index is 2.19. The quantitative estimate of drug-likeness (QED) is 0.740. The molecule has 108 valence electrons. The molecule has 0 aromatic heterocycles. The van der Waals surface area contributed by atoms with E-state index in [1.165, 1.54) is 0 Å². The van der Waals surface area contributed by atoms with Crippen molar-refractivity contribution in [3.8, 4) is 11.8 Å². The molecule has 0 aliphatic heterocycles. The molecule has 1 fully saturated rings. The third kappa shape index (κ3) is 4.08. The maximum atomic E-state index is 10.4. The number of benzene rings is 1. The van der Waals surface area contributed by atoms with E-state index in [2.05, 4.69) is 11.8 Å². The molecule has 1 unspecified atom stereocenters. The zero-order chi connectivity index (χ0) is 15.3. The van der Waals surface area contributed by atoms with Gasteiger partial charge in [0.15, 0.2) is 0 Å². The van der Waals surface area contributed by atoms with Crippen molar-refractivity contribution in [1.29, 1.82) is 0 Å². The molecule has 1 atom stereocenters. The highest BCUT2D eigenvalue weighted by Gasteiger charge is 2.26. The Morgan fingerprint density at radius 1 is 1.40 bits per heavy atom. The highest BCUT2D eigenvalue weighted by Crippen LogP contribution is 2.27. The van der Waals surface area contributed by atoms with Gasteiger partial charge >= 0.3 is 0 Å². The van der Waals surface area contributed by atoms with Crippen molar-refractivity contribution < 1.29 is 11.6 Å². The van der Waals surface area contributed by atoms with Crippen LogP contribution in [0.4, 0.5) is 0 Å². The topological polar surface area (TPSA) is 66.5 Å². The van der Waals surface area contributed by atoms with E-state index < -0.39 is 11.7 Å². The fourth-order valence-electron chi connectivity index (χ4n) is 2.52. The molecule has 1 aromatic rings. The highest BCUT2D eigenvalue weighted by atomic mass is 16.3. The van der Waals surface area contributed by atoms with Gasteiger partial charge < -0.3 is 15.9 Å². The first-order valence-corrected chi connectivity index (χ1v) is 7.28. The van der Waals surface area contributed by atoms with Crippen LogP contribution in [0.2, 0.25) is 0 Å². The first kappa shape index (κ1) is 13.6. The van der Waals surface area contributed by atoms with Crippen LogP contribution in [0.25, 0.3) is 0 Å². The van der Waals surface area contributed by atoms with Crippen LogP contribution in [0.1, 0.15) is 57.1 Å². The summed E-state index contributed by atoms with van der Waals surface area (Å²) in [6, 6.07) is 5.39. The summed E-state index contributed by atoms with van der Waals surface area (Å²) >= 11 is 0. The lowest BCUT2D eigenvalue weighted by atomic mass is 9.85. The summed E-state index contributed by atoms with van der Waals surface area (Å²) in [5.74, 6) is 5.96. The third-order valence-electron chi connectivity index (χ3n) is 3.74. The van der Waals surface area contributed by atoms with Crippen LogP contribution in [-0.2, 0) is 0 Å². The molecule has 0 radical (unpaired) electrons. The van der Waals surface area contributed by atoms with E-state index in [1.54, 1.807) is 18.2 Å². The van der Waals surface area contributed by atoms with E-state index in [0.29, 0.717) is 18.5 Å². The van der Waals surface area contributed by atoms with E-state index in [0.717, 1.165) is 37.7 Å². The molecule has 2 rings (SSSR count). The second-order valence-corrected chi connectivity index (χ2v) is 5.47. The van der Waals surface area contributed by atoms with E-state index in [9.17, 15) is 10.2 Å². The van der Waals surface area contributed by atoms with Crippen molar-refractivity contribution in [1.82, 2.24) is 0 Å². The summed E-state index contributed by atoms with van der Waals surface area (Å²) in [4.78, 5) is 0. The number of aliphatic hydroxyl groups excluding tert-OH is 1. The molecule has 0 amide bonds. The lowest BCUT2D eigenvalue weighted by Crippen LogP contribution is -2.29. The second-order valence-electron chi connectivity index (χ2n) is 5.47. The van der Waals surface area contributed by atoms with Gasteiger partial charge in [-0.2, -0.15) is 0 Å². The summed E-state index contributed by atoms with van der Waals surface area (Å²) in [5, 5.41) is 20.4. The van der Waals surface area contributed by atoms with Crippen LogP contribution in [-0.4, -0.2) is 22.4 Å². The zero-order valence-corrected chi connectivity index (χ0v) is 11.7. The van der Waals surface area contributed by atoms with Gasteiger partial charge in [-0.25, -0.2) is 0 Å². The Kier molecular flexibility index (Phi) is 4.70. The third-order valence-corrected chi connectivity index (χ3v) is 3.74. The monoisotopic (exact) mass is 274 g/mol. The molecule has 0 bridgehead atoms. The molecular weight excluding hydrogens is 250 g/mol. The summed E-state index contributed by atoms with van der Waals surface area (Å²) in [7, 11) is 0. The zero-order valence-electron chi connectivity index (χ0n) is 12.7. The standard InChI is InChI=1S/C17H23NO2/c18-12-8-16(19)15-6-4-5-14(13-15)7-11-17(20)9-2-1-3-10-17/h4-6,13,16,19-20H,1-3,8-10,12,18H2/i6D. The van der Waals surface area contributed by atoms with Crippen LogP contribution in [0.5, 0.6) is 0 Å². The van der Waals surface area contributed by atoms with E-state index in [1.807, 2.05) is 0 Å². The second kappa shape index (κ2) is 6.90. The number of rotatable bonds is 3. The largest absolute Gasteiger partial charge is 0.388 e. The molecule has 20 heavy (non-hydrogen) atoms. The number of nitrogens with two attached hydrogens (primary N) is 1. The van der Waals surface area contributed by atoms with E-state index >= 15 is 0 Å². The van der Waals surface area contributed by atoms with Crippen molar-refractivity contribution >= 4 is 0 Å². The van der Waals surface area contributed by atoms with Gasteiger partial charge in [0, 0.05) is 5.56 Å². The molecule has 3 nitrogen and oxygen atoms in total. The first-order valence-electron chi connectivity index (χ1n) is 7.78. The average Bonchev–Trinajstić information content (AvgIpc) is 2.47. The van der Waals surface area contributed by atoms with Gasteiger partial charge in [-0.1, -0.05) is 30.4 Å². The molecule has 1 aliphatic carbocycles. The van der Waals surface area contributed by atoms with Gasteiger partial charge in [-0.05, 0) is 56.3 Å². The Labute approximate surface area is 122 Å². The summed E-state index contributed by atoms with van der Waals surface area (Å²) in [5.41, 5.74) is 5.83. The number of hydrogen-bond acceptors (Lipinski definition) is 3. The van der Waals surface area contributed by atoms with Gasteiger partial charge in [-0.15, -0.1) is 0 Å². The maximum absolute atomic E-state index is 10.4. The maximum Gasteiger partial charge on any atom is 0.125 e. The number of hydrogen-bond donors (Lipinski definition) is 3. The lowest BCUT2D eigenvalue weighted by molar-refractivity contribution is 0.0610. The minimum absolute atomic E-state index is 0.290. The van der Waals surface area contributed by atoms with Crippen molar-refractivity contribution in [3.63, 3.8) is 0 Å². The lowest BCUT2D eigenvalue weighted by Gasteiger charge is -2.26. The average molecular weight is 274 g/mol. The minimum Gasteiger partial charge on any atom is -0.388 e. The highest BCUT2D eigenvalue weighted by molar-refractivity contribution is 5.39. The SMILES string of the molecule is [2H]c1ccc(C#CC2(O)CCCCC2)cc1C(O)CCN. The van der Waals surface area contributed by atoms with E-state index in [4.69, 9.17) is 7.10 Å². The van der Waals surface area contributed by atoms with Crippen molar-refractivity contribution in [3.05, 3.63) is 35.4 Å². The normalized spacial score (nSPS) is 19.6. The minimum atomic E-state index is -0.881. The predicted molar refractivity (Wildman–Crippen MR) is 80.0 cm³/mol. The van der Waals surface area contributed by atoms with Crippen molar-refractivity contribution in [2.24, 2.45) is 5.73 Å². The Morgan fingerprint density at radius 2 is 2.15 bits per heavy atom.